The van der Waals surface area contributed by atoms with E-state index in [1.54, 1.807) is 26.0 Å². The lowest BCUT2D eigenvalue weighted by molar-refractivity contribution is 0.0682. The molecule has 0 unspecified atom stereocenters. The molecule has 0 aromatic heterocycles. The van der Waals surface area contributed by atoms with E-state index in [2.05, 4.69) is 0 Å². The number of benzene rings is 2. The summed E-state index contributed by atoms with van der Waals surface area (Å²) in [4.78, 5) is 22.0. The monoisotopic (exact) mass is 316 g/mol. The number of aromatic hydroxyl groups is 2. The summed E-state index contributed by atoms with van der Waals surface area (Å²) >= 11 is 0. The molecule has 120 valence electrons. The van der Waals surface area contributed by atoms with Gasteiger partial charge in [0.25, 0.3) is 0 Å². The standard InChI is InChI=1S/C17H16O6/c1-8-10(3-5-12(14(8)18)16(20)21)7-11-4-6-13(17(22)23)15(19)9(11)2/h3-6,18-19H,7H2,1-2H3,(H,20,21)(H,22,23). The van der Waals surface area contributed by atoms with Gasteiger partial charge in [-0.2, -0.15) is 0 Å². The van der Waals surface area contributed by atoms with Crippen molar-refractivity contribution in [2.45, 2.75) is 20.3 Å². The molecule has 2 rings (SSSR count). The van der Waals surface area contributed by atoms with Gasteiger partial charge in [-0.05, 0) is 54.7 Å². The number of carboxylic acid groups (broad SMARTS) is 2. The zero-order valence-corrected chi connectivity index (χ0v) is 12.6. The highest BCUT2D eigenvalue weighted by Gasteiger charge is 2.17. The number of aromatic carboxylic acids is 2. The Morgan fingerprint density at radius 3 is 1.43 bits per heavy atom. The van der Waals surface area contributed by atoms with E-state index in [9.17, 15) is 19.8 Å². The van der Waals surface area contributed by atoms with Crippen molar-refractivity contribution in [3.8, 4) is 11.5 Å². The first-order valence-electron chi connectivity index (χ1n) is 6.83. The molecule has 0 aliphatic heterocycles. The van der Waals surface area contributed by atoms with Gasteiger partial charge in [-0.3, -0.25) is 0 Å². The third-order valence-electron chi connectivity index (χ3n) is 3.93. The molecule has 0 fully saturated rings. The molecule has 6 heteroatoms. The van der Waals surface area contributed by atoms with Crippen LogP contribution in [0.1, 0.15) is 43.0 Å². The maximum absolute atomic E-state index is 11.0. The quantitative estimate of drug-likeness (QED) is 0.689. The second kappa shape index (κ2) is 6.00. The largest absolute Gasteiger partial charge is 0.507 e. The van der Waals surface area contributed by atoms with Crippen LogP contribution in [-0.4, -0.2) is 32.4 Å². The van der Waals surface area contributed by atoms with Crippen LogP contribution >= 0.6 is 0 Å². The van der Waals surface area contributed by atoms with Gasteiger partial charge in [-0.1, -0.05) is 12.1 Å². The SMILES string of the molecule is Cc1c(Cc2ccc(C(=O)O)c(O)c2C)ccc(C(=O)O)c1O. The molecule has 0 saturated heterocycles. The Morgan fingerprint density at radius 2 is 1.13 bits per heavy atom. The number of carboxylic acids is 2. The summed E-state index contributed by atoms with van der Waals surface area (Å²) in [6.07, 6.45) is 0.332. The highest BCUT2D eigenvalue weighted by molar-refractivity contribution is 5.92. The highest BCUT2D eigenvalue weighted by Crippen LogP contribution is 2.30. The van der Waals surface area contributed by atoms with Gasteiger partial charge >= 0.3 is 11.9 Å². The number of rotatable bonds is 4. The highest BCUT2D eigenvalue weighted by atomic mass is 16.4. The number of carbonyl (C=O) groups is 2. The topological polar surface area (TPSA) is 115 Å². The van der Waals surface area contributed by atoms with Gasteiger partial charge in [0.1, 0.15) is 22.6 Å². The maximum atomic E-state index is 11.0. The van der Waals surface area contributed by atoms with Crippen LogP contribution in [0.15, 0.2) is 24.3 Å². The summed E-state index contributed by atoms with van der Waals surface area (Å²) in [6, 6.07) is 5.84. The van der Waals surface area contributed by atoms with Crippen LogP contribution in [0.4, 0.5) is 0 Å². The lowest BCUT2D eigenvalue weighted by Gasteiger charge is -2.13. The van der Waals surface area contributed by atoms with Crippen LogP contribution in [0.3, 0.4) is 0 Å². The van der Waals surface area contributed by atoms with E-state index in [4.69, 9.17) is 10.2 Å². The van der Waals surface area contributed by atoms with Crippen molar-refractivity contribution in [3.05, 3.63) is 57.6 Å². The van der Waals surface area contributed by atoms with Crippen molar-refractivity contribution in [2.75, 3.05) is 0 Å². The number of phenols is 2. The minimum absolute atomic E-state index is 0.174. The van der Waals surface area contributed by atoms with Crippen LogP contribution in [0, 0.1) is 13.8 Å². The molecule has 0 spiro atoms. The summed E-state index contributed by atoms with van der Waals surface area (Å²) in [5, 5.41) is 37.9. The molecule has 0 heterocycles. The molecular formula is C17H16O6. The second-order valence-corrected chi connectivity index (χ2v) is 5.28. The van der Waals surface area contributed by atoms with Gasteiger partial charge in [-0.25, -0.2) is 9.59 Å². The molecule has 0 atom stereocenters. The van der Waals surface area contributed by atoms with Crippen LogP contribution in [0.2, 0.25) is 0 Å². The van der Waals surface area contributed by atoms with Crippen LogP contribution in [-0.2, 0) is 6.42 Å². The van der Waals surface area contributed by atoms with Crippen molar-refractivity contribution in [1.82, 2.24) is 0 Å². The maximum Gasteiger partial charge on any atom is 0.339 e. The van der Waals surface area contributed by atoms with Crippen molar-refractivity contribution in [3.63, 3.8) is 0 Å². The van der Waals surface area contributed by atoms with Gasteiger partial charge in [0.15, 0.2) is 0 Å². The Bertz CT molecular complexity index is 740. The van der Waals surface area contributed by atoms with E-state index in [-0.39, 0.29) is 22.6 Å². The molecule has 0 saturated carbocycles. The van der Waals surface area contributed by atoms with Crippen molar-refractivity contribution in [2.24, 2.45) is 0 Å². The number of hydrogen-bond acceptors (Lipinski definition) is 4. The molecule has 4 N–H and O–H groups in total. The Hall–Kier alpha value is -3.02. The molecule has 0 aliphatic carbocycles. The first-order chi connectivity index (χ1) is 10.7. The molecular weight excluding hydrogens is 300 g/mol. The normalized spacial score (nSPS) is 10.5. The molecule has 23 heavy (non-hydrogen) atoms. The molecule has 0 aliphatic rings. The first kappa shape index (κ1) is 16.4. The third kappa shape index (κ3) is 2.96. The fourth-order valence-electron chi connectivity index (χ4n) is 2.42. The fourth-order valence-corrected chi connectivity index (χ4v) is 2.42. The molecule has 2 aromatic rings. The predicted octanol–water partition coefficient (Wildman–Crippen LogP) is 2.70. The molecule has 0 bridgehead atoms. The van der Waals surface area contributed by atoms with Crippen LogP contribution < -0.4 is 0 Å². The van der Waals surface area contributed by atoms with Crippen molar-refractivity contribution < 1.29 is 30.0 Å². The second-order valence-electron chi connectivity index (χ2n) is 5.28. The predicted molar refractivity (Wildman–Crippen MR) is 82.4 cm³/mol. The summed E-state index contributed by atoms with van der Waals surface area (Å²) < 4.78 is 0. The molecule has 0 amide bonds. The first-order valence-corrected chi connectivity index (χ1v) is 6.83. The van der Waals surface area contributed by atoms with E-state index < -0.39 is 11.9 Å². The average molecular weight is 316 g/mol. The zero-order valence-electron chi connectivity index (χ0n) is 12.6. The molecule has 0 radical (unpaired) electrons. The molecule has 6 nitrogen and oxygen atoms in total. The lowest BCUT2D eigenvalue weighted by atomic mass is 9.93. The van der Waals surface area contributed by atoms with Crippen molar-refractivity contribution >= 4 is 11.9 Å². The Kier molecular flexibility index (Phi) is 4.27. The van der Waals surface area contributed by atoms with Gasteiger partial charge in [0.2, 0.25) is 0 Å². The van der Waals surface area contributed by atoms with E-state index in [1.165, 1.54) is 12.1 Å². The fraction of sp³-hybridized carbons (Fsp3) is 0.176. The summed E-state index contributed by atoms with van der Waals surface area (Å²) in [6.45, 7) is 3.22. The lowest BCUT2D eigenvalue weighted by Crippen LogP contribution is -2.03. The Labute approximate surface area is 132 Å². The van der Waals surface area contributed by atoms with Crippen LogP contribution in [0.25, 0.3) is 0 Å². The summed E-state index contributed by atoms with van der Waals surface area (Å²) in [5.74, 6) is -3.01. The average Bonchev–Trinajstić information content (AvgIpc) is 2.48. The number of hydrogen-bond donors (Lipinski definition) is 4. The van der Waals surface area contributed by atoms with Gasteiger partial charge in [-0.15, -0.1) is 0 Å². The Morgan fingerprint density at radius 1 is 0.783 bits per heavy atom. The van der Waals surface area contributed by atoms with Gasteiger partial charge in [0.05, 0.1) is 0 Å². The minimum Gasteiger partial charge on any atom is -0.507 e. The van der Waals surface area contributed by atoms with Crippen molar-refractivity contribution in [1.29, 1.82) is 0 Å². The smallest absolute Gasteiger partial charge is 0.339 e. The van der Waals surface area contributed by atoms with E-state index in [1.807, 2.05) is 0 Å². The van der Waals surface area contributed by atoms with E-state index >= 15 is 0 Å². The summed E-state index contributed by atoms with van der Waals surface area (Å²) in [5.41, 5.74) is 1.91. The minimum atomic E-state index is -1.21. The third-order valence-corrected chi connectivity index (χ3v) is 3.93. The van der Waals surface area contributed by atoms with Crippen LogP contribution in [0.5, 0.6) is 11.5 Å². The Balaban J connectivity index is 2.45. The van der Waals surface area contributed by atoms with E-state index in [0.29, 0.717) is 28.7 Å². The van der Waals surface area contributed by atoms with Gasteiger partial charge in [0, 0.05) is 0 Å². The van der Waals surface area contributed by atoms with Gasteiger partial charge < -0.3 is 20.4 Å². The zero-order chi connectivity index (χ0) is 17.3. The van der Waals surface area contributed by atoms with E-state index in [0.717, 1.165) is 0 Å². The molecule has 2 aromatic carbocycles. The summed E-state index contributed by atoms with van der Waals surface area (Å²) in [7, 11) is 0.